The maximum Gasteiger partial charge on any atom is 0.306 e. The quantitative estimate of drug-likeness (QED) is 0.739. The highest BCUT2D eigenvalue weighted by Gasteiger charge is 2.32. The van der Waals surface area contributed by atoms with E-state index in [-0.39, 0.29) is 11.8 Å². The fourth-order valence-electron chi connectivity index (χ4n) is 1.98. The Morgan fingerprint density at radius 3 is 2.60 bits per heavy atom. The summed E-state index contributed by atoms with van der Waals surface area (Å²) in [6, 6.07) is 0. The molecule has 0 amide bonds. The smallest absolute Gasteiger partial charge is 0.306 e. The molecular weight excluding hydrogens is 196 g/mol. The molecule has 2 N–H and O–H groups in total. The van der Waals surface area contributed by atoms with Crippen LogP contribution in [0.3, 0.4) is 0 Å². The summed E-state index contributed by atoms with van der Waals surface area (Å²) in [7, 11) is 0. The Kier molecular flexibility index (Phi) is 4.54. The molecule has 1 saturated heterocycles. The van der Waals surface area contributed by atoms with Crippen molar-refractivity contribution in [2.75, 3.05) is 13.2 Å². The van der Waals surface area contributed by atoms with Gasteiger partial charge in [-0.3, -0.25) is 4.79 Å². The number of hydrogen-bond donors (Lipinski definition) is 2. The number of aliphatic hydroxyl groups excluding tert-OH is 1. The van der Waals surface area contributed by atoms with Gasteiger partial charge in [0.05, 0.1) is 18.6 Å². The average molecular weight is 216 g/mol. The van der Waals surface area contributed by atoms with Crippen LogP contribution >= 0.6 is 0 Å². The molecule has 0 aromatic rings. The van der Waals surface area contributed by atoms with Gasteiger partial charge in [-0.2, -0.15) is 0 Å². The highest BCUT2D eigenvalue weighted by atomic mass is 16.5. The summed E-state index contributed by atoms with van der Waals surface area (Å²) in [5.74, 6) is -1.50. The second-order valence-corrected chi connectivity index (χ2v) is 4.45. The molecule has 15 heavy (non-hydrogen) atoms. The Hall–Kier alpha value is -0.610. The average Bonchev–Trinajstić information content (AvgIpc) is 2.27. The minimum Gasteiger partial charge on any atom is -0.481 e. The predicted octanol–water partition coefficient (Wildman–Crippen LogP) is 1.13. The largest absolute Gasteiger partial charge is 0.481 e. The molecule has 1 fully saturated rings. The van der Waals surface area contributed by atoms with Crippen molar-refractivity contribution < 1.29 is 19.7 Å². The number of aliphatic carboxylic acids is 1. The van der Waals surface area contributed by atoms with Crippen LogP contribution in [0.25, 0.3) is 0 Å². The zero-order valence-corrected chi connectivity index (χ0v) is 9.35. The highest BCUT2D eigenvalue weighted by Crippen LogP contribution is 2.26. The molecule has 1 rings (SSSR count). The first-order chi connectivity index (χ1) is 7.04. The van der Waals surface area contributed by atoms with Gasteiger partial charge in [-0.15, -0.1) is 0 Å². The third kappa shape index (κ3) is 3.18. The van der Waals surface area contributed by atoms with E-state index in [2.05, 4.69) is 0 Å². The summed E-state index contributed by atoms with van der Waals surface area (Å²) in [4.78, 5) is 10.8. The lowest BCUT2D eigenvalue weighted by Crippen LogP contribution is -2.38. The molecular formula is C11H20O4. The number of aliphatic hydroxyl groups is 1. The zero-order valence-electron chi connectivity index (χ0n) is 9.35. The summed E-state index contributed by atoms with van der Waals surface area (Å²) in [5.41, 5.74) is 0. The van der Waals surface area contributed by atoms with E-state index in [1.54, 1.807) is 13.8 Å². The summed E-state index contributed by atoms with van der Waals surface area (Å²) in [6.45, 7) is 4.74. The first-order valence-electron chi connectivity index (χ1n) is 5.52. The van der Waals surface area contributed by atoms with Crippen LogP contribution in [-0.4, -0.2) is 35.5 Å². The summed E-state index contributed by atoms with van der Waals surface area (Å²) in [6.07, 6.45) is 1.31. The van der Waals surface area contributed by atoms with E-state index in [1.165, 1.54) is 0 Å². The van der Waals surface area contributed by atoms with Crippen molar-refractivity contribution in [2.24, 2.45) is 17.8 Å². The van der Waals surface area contributed by atoms with Gasteiger partial charge in [-0.1, -0.05) is 13.8 Å². The normalized spacial score (nSPS) is 28.1. The van der Waals surface area contributed by atoms with Crippen molar-refractivity contribution in [3.63, 3.8) is 0 Å². The molecule has 0 aromatic heterocycles. The number of carboxylic acid groups (broad SMARTS) is 1. The van der Waals surface area contributed by atoms with Crippen molar-refractivity contribution in [3.8, 4) is 0 Å². The number of rotatable bonds is 4. The summed E-state index contributed by atoms with van der Waals surface area (Å²) >= 11 is 0. The van der Waals surface area contributed by atoms with E-state index < -0.39 is 18.0 Å². The summed E-state index contributed by atoms with van der Waals surface area (Å²) < 4.78 is 5.29. The van der Waals surface area contributed by atoms with Crippen molar-refractivity contribution in [1.82, 2.24) is 0 Å². The van der Waals surface area contributed by atoms with Gasteiger partial charge >= 0.3 is 5.97 Å². The molecule has 0 radical (unpaired) electrons. The highest BCUT2D eigenvalue weighted by molar-refractivity contribution is 5.69. The SMILES string of the molecule is CC(C(=O)O)C(C)C(O)C1CCCOC1. The zero-order chi connectivity index (χ0) is 11.4. The lowest BCUT2D eigenvalue weighted by Gasteiger charge is -2.32. The van der Waals surface area contributed by atoms with Crippen molar-refractivity contribution in [1.29, 1.82) is 0 Å². The van der Waals surface area contributed by atoms with E-state index in [0.717, 1.165) is 19.4 Å². The van der Waals surface area contributed by atoms with Crippen LogP contribution in [-0.2, 0) is 9.53 Å². The van der Waals surface area contributed by atoms with Gasteiger partial charge in [-0.25, -0.2) is 0 Å². The minimum atomic E-state index is -0.849. The van der Waals surface area contributed by atoms with E-state index in [4.69, 9.17) is 9.84 Å². The van der Waals surface area contributed by atoms with E-state index in [1.807, 2.05) is 0 Å². The van der Waals surface area contributed by atoms with Crippen molar-refractivity contribution in [3.05, 3.63) is 0 Å². The standard InChI is InChI=1S/C11H20O4/c1-7(8(2)11(13)14)10(12)9-4-3-5-15-6-9/h7-10,12H,3-6H2,1-2H3,(H,13,14). The Labute approximate surface area is 90.2 Å². The molecule has 0 aliphatic carbocycles. The predicted molar refractivity (Wildman–Crippen MR) is 55.5 cm³/mol. The van der Waals surface area contributed by atoms with Gasteiger partial charge in [0.25, 0.3) is 0 Å². The number of carbonyl (C=O) groups is 1. The molecule has 4 unspecified atom stereocenters. The fourth-order valence-corrected chi connectivity index (χ4v) is 1.98. The van der Waals surface area contributed by atoms with Gasteiger partial charge in [0.15, 0.2) is 0 Å². The lowest BCUT2D eigenvalue weighted by molar-refractivity contribution is -0.145. The molecule has 0 aromatic carbocycles. The maximum atomic E-state index is 10.8. The van der Waals surface area contributed by atoms with E-state index in [0.29, 0.717) is 6.61 Å². The molecule has 88 valence electrons. The van der Waals surface area contributed by atoms with Crippen LogP contribution in [0.1, 0.15) is 26.7 Å². The Bertz CT molecular complexity index is 211. The number of hydrogen-bond acceptors (Lipinski definition) is 3. The lowest BCUT2D eigenvalue weighted by atomic mass is 9.82. The molecule has 1 aliphatic rings. The molecule has 1 heterocycles. The molecule has 4 atom stereocenters. The monoisotopic (exact) mass is 216 g/mol. The molecule has 1 aliphatic heterocycles. The van der Waals surface area contributed by atoms with Crippen molar-refractivity contribution >= 4 is 5.97 Å². The van der Waals surface area contributed by atoms with Crippen LogP contribution < -0.4 is 0 Å². The number of ether oxygens (including phenoxy) is 1. The van der Waals surface area contributed by atoms with Crippen LogP contribution in [0.5, 0.6) is 0 Å². The fraction of sp³-hybridized carbons (Fsp3) is 0.909. The van der Waals surface area contributed by atoms with Crippen LogP contribution in [0.4, 0.5) is 0 Å². The van der Waals surface area contributed by atoms with Gasteiger partial charge in [0, 0.05) is 12.5 Å². The number of carboxylic acids is 1. The Morgan fingerprint density at radius 1 is 1.47 bits per heavy atom. The molecule has 4 heteroatoms. The third-order valence-corrected chi connectivity index (χ3v) is 3.40. The van der Waals surface area contributed by atoms with Crippen molar-refractivity contribution in [2.45, 2.75) is 32.8 Å². The molecule has 4 nitrogen and oxygen atoms in total. The van der Waals surface area contributed by atoms with Gasteiger partial charge in [0.2, 0.25) is 0 Å². The van der Waals surface area contributed by atoms with Gasteiger partial charge in [0.1, 0.15) is 0 Å². The van der Waals surface area contributed by atoms with Gasteiger partial charge < -0.3 is 14.9 Å². The summed E-state index contributed by atoms with van der Waals surface area (Å²) in [5, 5.41) is 18.9. The first-order valence-corrected chi connectivity index (χ1v) is 5.52. The Morgan fingerprint density at radius 2 is 2.13 bits per heavy atom. The molecule has 0 bridgehead atoms. The van der Waals surface area contributed by atoms with Crippen LogP contribution in [0.15, 0.2) is 0 Å². The van der Waals surface area contributed by atoms with Crippen LogP contribution in [0.2, 0.25) is 0 Å². The second-order valence-electron chi connectivity index (χ2n) is 4.45. The van der Waals surface area contributed by atoms with Crippen LogP contribution in [0, 0.1) is 17.8 Å². The third-order valence-electron chi connectivity index (χ3n) is 3.40. The Balaban J connectivity index is 2.50. The second kappa shape index (κ2) is 5.47. The topological polar surface area (TPSA) is 66.8 Å². The van der Waals surface area contributed by atoms with E-state index in [9.17, 15) is 9.90 Å². The first kappa shape index (κ1) is 12.5. The molecule has 0 spiro atoms. The van der Waals surface area contributed by atoms with E-state index >= 15 is 0 Å². The van der Waals surface area contributed by atoms with Gasteiger partial charge in [-0.05, 0) is 18.8 Å². The maximum absolute atomic E-state index is 10.8. The minimum absolute atomic E-state index is 0.0931. The molecule has 0 saturated carbocycles.